The molecule has 7 heteroatoms. The molecular weight excluding hydrogens is 264 g/mol. The zero-order valence-corrected chi connectivity index (χ0v) is 9.54. The Bertz CT molecular complexity index is 468. The summed E-state index contributed by atoms with van der Waals surface area (Å²) in [7, 11) is 0.993. The molecule has 0 spiro atoms. The van der Waals surface area contributed by atoms with Gasteiger partial charge < -0.3 is 4.74 Å². The van der Waals surface area contributed by atoms with Crippen molar-refractivity contribution in [1.82, 2.24) is 0 Å². The standard InChI is InChI=1S/C10H7ClF4O2/c1-4-7(9(16)17-2)6(12)3-5(8(4)11)10(13,14)15/h3H,1-2H3. The van der Waals surface area contributed by atoms with Crippen molar-refractivity contribution in [2.75, 3.05) is 7.11 Å². The summed E-state index contributed by atoms with van der Waals surface area (Å²) in [5.74, 6) is -2.39. The maximum atomic E-state index is 13.4. The molecule has 0 bridgehead atoms. The van der Waals surface area contributed by atoms with Crippen LogP contribution < -0.4 is 0 Å². The average Bonchev–Trinajstić information content (AvgIpc) is 2.21. The van der Waals surface area contributed by atoms with Crippen LogP contribution >= 0.6 is 11.6 Å². The molecule has 0 unspecified atom stereocenters. The third-order valence-electron chi connectivity index (χ3n) is 2.15. The molecule has 0 saturated carbocycles. The highest BCUT2D eigenvalue weighted by Gasteiger charge is 2.36. The monoisotopic (exact) mass is 270 g/mol. The zero-order chi connectivity index (χ0) is 13.4. The number of halogens is 5. The molecule has 17 heavy (non-hydrogen) atoms. The van der Waals surface area contributed by atoms with Gasteiger partial charge in [0.1, 0.15) is 5.82 Å². The number of carbonyl (C=O) groups is 1. The Morgan fingerprint density at radius 1 is 1.41 bits per heavy atom. The molecule has 1 aromatic carbocycles. The number of benzene rings is 1. The fraction of sp³-hybridized carbons (Fsp3) is 0.300. The maximum Gasteiger partial charge on any atom is 0.417 e. The Labute approximate surface area is 99.1 Å². The van der Waals surface area contributed by atoms with Gasteiger partial charge in [-0.05, 0) is 18.6 Å². The van der Waals surface area contributed by atoms with Gasteiger partial charge >= 0.3 is 12.1 Å². The zero-order valence-electron chi connectivity index (χ0n) is 8.78. The van der Waals surface area contributed by atoms with Gasteiger partial charge in [0.15, 0.2) is 0 Å². The van der Waals surface area contributed by atoms with Crippen LogP contribution in [0.4, 0.5) is 17.6 Å². The number of hydrogen-bond acceptors (Lipinski definition) is 2. The Morgan fingerprint density at radius 3 is 2.35 bits per heavy atom. The van der Waals surface area contributed by atoms with E-state index < -0.39 is 34.1 Å². The van der Waals surface area contributed by atoms with Crippen molar-refractivity contribution >= 4 is 17.6 Å². The van der Waals surface area contributed by atoms with Gasteiger partial charge in [0.25, 0.3) is 0 Å². The van der Waals surface area contributed by atoms with Crippen LogP contribution in [0.15, 0.2) is 6.07 Å². The van der Waals surface area contributed by atoms with Gasteiger partial charge in [0.05, 0.1) is 23.3 Å². The molecular formula is C10H7ClF4O2. The normalized spacial score (nSPS) is 11.5. The van der Waals surface area contributed by atoms with Gasteiger partial charge in [-0.25, -0.2) is 9.18 Å². The van der Waals surface area contributed by atoms with Crippen LogP contribution in [0.3, 0.4) is 0 Å². The summed E-state index contributed by atoms with van der Waals surface area (Å²) in [6.07, 6.45) is -4.78. The topological polar surface area (TPSA) is 26.3 Å². The molecule has 0 aliphatic heterocycles. The van der Waals surface area contributed by atoms with E-state index in [-0.39, 0.29) is 11.6 Å². The fourth-order valence-corrected chi connectivity index (χ4v) is 1.57. The third kappa shape index (κ3) is 2.52. The fourth-order valence-electron chi connectivity index (χ4n) is 1.31. The lowest BCUT2D eigenvalue weighted by Gasteiger charge is -2.14. The van der Waals surface area contributed by atoms with Crippen LogP contribution in [0.1, 0.15) is 21.5 Å². The number of ether oxygens (including phenoxy) is 1. The van der Waals surface area contributed by atoms with E-state index in [2.05, 4.69) is 4.74 Å². The Balaban J connectivity index is 3.53. The highest BCUT2D eigenvalue weighted by molar-refractivity contribution is 6.32. The van der Waals surface area contributed by atoms with E-state index in [9.17, 15) is 22.4 Å². The van der Waals surface area contributed by atoms with E-state index in [1.165, 1.54) is 0 Å². The molecule has 0 amide bonds. The third-order valence-corrected chi connectivity index (χ3v) is 2.63. The number of alkyl halides is 3. The number of carbonyl (C=O) groups excluding carboxylic acids is 1. The molecule has 0 aromatic heterocycles. The van der Waals surface area contributed by atoms with Crippen molar-refractivity contribution in [3.05, 3.63) is 33.6 Å². The van der Waals surface area contributed by atoms with Crippen LogP contribution in [-0.2, 0) is 10.9 Å². The highest BCUT2D eigenvalue weighted by atomic mass is 35.5. The molecule has 0 saturated heterocycles. The SMILES string of the molecule is COC(=O)c1c(F)cc(C(F)(F)F)c(Cl)c1C. The quantitative estimate of drug-likeness (QED) is 0.576. The first-order chi connectivity index (χ1) is 7.70. The summed E-state index contributed by atoms with van der Waals surface area (Å²) < 4.78 is 55.0. The van der Waals surface area contributed by atoms with Gasteiger partial charge in [-0.3, -0.25) is 0 Å². The summed E-state index contributed by atoms with van der Waals surface area (Å²) >= 11 is 5.46. The minimum atomic E-state index is -4.78. The van der Waals surface area contributed by atoms with E-state index in [0.717, 1.165) is 14.0 Å². The van der Waals surface area contributed by atoms with Crippen LogP contribution in [0.5, 0.6) is 0 Å². The van der Waals surface area contributed by atoms with Gasteiger partial charge in [0.2, 0.25) is 0 Å². The number of methoxy groups -OCH3 is 1. The first-order valence-electron chi connectivity index (χ1n) is 4.34. The van der Waals surface area contributed by atoms with E-state index in [0.29, 0.717) is 0 Å². The summed E-state index contributed by atoms with van der Waals surface area (Å²) in [6, 6.07) is 0.182. The molecule has 0 atom stereocenters. The number of esters is 1. The molecule has 0 aliphatic carbocycles. The van der Waals surface area contributed by atoms with Crippen molar-refractivity contribution in [2.45, 2.75) is 13.1 Å². The van der Waals surface area contributed by atoms with Crippen LogP contribution in [0.2, 0.25) is 5.02 Å². The second-order valence-electron chi connectivity index (χ2n) is 3.21. The smallest absolute Gasteiger partial charge is 0.417 e. The Kier molecular flexibility index (Phi) is 3.66. The van der Waals surface area contributed by atoms with E-state index in [1.54, 1.807) is 0 Å². The van der Waals surface area contributed by atoms with Crippen molar-refractivity contribution in [1.29, 1.82) is 0 Å². The second-order valence-corrected chi connectivity index (χ2v) is 3.59. The van der Waals surface area contributed by atoms with Crippen molar-refractivity contribution in [3.8, 4) is 0 Å². The van der Waals surface area contributed by atoms with E-state index in [1.807, 2.05) is 0 Å². The van der Waals surface area contributed by atoms with Crippen molar-refractivity contribution in [3.63, 3.8) is 0 Å². The Morgan fingerprint density at radius 2 is 1.94 bits per heavy atom. The highest BCUT2D eigenvalue weighted by Crippen LogP contribution is 2.38. The first-order valence-corrected chi connectivity index (χ1v) is 4.72. The summed E-state index contributed by atoms with van der Waals surface area (Å²) in [6.45, 7) is 1.12. The van der Waals surface area contributed by atoms with E-state index >= 15 is 0 Å². The summed E-state index contributed by atoms with van der Waals surface area (Å²) in [5.41, 5.74) is -2.21. The van der Waals surface area contributed by atoms with Gasteiger partial charge in [0, 0.05) is 0 Å². The van der Waals surface area contributed by atoms with Crippen LogP contribution in [0, 0.1) is 12.7 Å². The molecule has 94 valence electrons. The molecule has 2 nitrogen and oxygen atoms in total. The number of hydrogen-bond donors (Lipinski definition) is 0. The number of rotatable bonds is 1. The predicted molar refractivity (Wildman–Crippen MR) is 52.5 cm³/mol. The summed E-state index contributed by atoms with van der Waals surface area (Å²) in [5, 5.41) is -0.709. The van der Waals surface area contributed by atoms with Crippen molar-refractivity contribution in [2.24, 2.45) is 0 Å². The minimum Gasteiger partial charge on any atom is -0.465 e. The Hall–Kier alpha value is -1.30. The molecule has 0 N–H and O–H groups in total. The van der Waals surface area contributed by atoms with Crippen molar-refractivity contribution < 1.29 is 27.1 Å². The average molecular weight is 271 g/mol. The molecule has 1 rings (SSSR count). The molecule has 0 radical (unpaired) electrons. The van der Waals surface area contributed by atoms with Crippen LogP contribution in [0.25, 0.3) is 0 Å². The van der Waals surface area contributed by atoms with Gasteiger partial charge in [-0.15, -0.1) is 0 Å². The largest absolute Gasteiger partial charge is 0.465 e. The molecule has 0 fully saturated rings. The molecule has 0 heterocycles. The van der Waals surface area contributed by atoms with Gasteiger partial charge in [-0.2, -0.15) is 13.2 Å². The van der Waals surface area contributed by atoms with E-state index in [4.69, 9.17) is 11.6 Å². The lowest BCUT2D eigenvalue weighted by molar-refractivity contribution is -0.137. The van der Waals surface area contributed by atoms with Crippen LogP contribution in [-0.4, -0.2) is 13.1 Å². The molecule has 1 aromatic rings. The van der Waals surface area contributed by atoms with Gasteiger partial charge in [-0.1, -0.05) is 11.6 Å². The first kappa shape index (κ1) is 13.8. The minimum absolute atomic E-state index is 0.182. The maximum absolute atomic E-state index is 13.4. The lowest BCUT2D eigenvalue weighted by atomic mass is 10.0. The second kappa shape index (κ2) is 4.52. The summed E-state index contributed by atoms with van der Waals surface area (Å²) in [4.78, 5) is 11.2. The lowest BCUT2D eigenvalue weighted by Crippen LogP contribution is -2.13. The molecule has 0 aliphatic rings. The predicted octanol–water partition coefficient (Wildman–Crippen LogP) is 3.59.